The van der Waals surface area contributed by atoms with Gasteiger partial charge in [-0.25, -0.2) is 9.69 Å². The van der Waals surface area contributed by atoms with Gasteiger partial charge >= 0.3 is 18.0 Å². The molecule has 0 heterocycles. The molecule has 9 heteroatoms. The highest BCUT2D eigenvalue weighted by Crippen LogP contribution is 2.29. The Morgan fingerprint density at radius 1 is 1.00 bits per heavy atom. The molecule has 1 atom stereocenters. The first-order valence-corrected chi connectivity index (χ1v) is 10.5. The topological polar surface area (TPSA) is 125 Å². The molecule has 2 amide bonds. The number of imide groups is 1. The molecule has 2 aromatic carbocycles. The number of nitrogen functional groups attached to an aromatic ring is 1. The largest absolute Gasteiger partial charge is 0.460 e. The molecular formula is C24H26N2O7. The van der Waals surface area contributed by atoms with Crippen LogP contribution in [-0.4, -0.2) is 41.7 Å². The van der Waals surface area contributed by atoms with E-state index >= 15 is 0 Å². The van der Waals surface area contributed by atoms with Crippen LogP contribution < -0.4 is 5.73 Å². The smallest absolute Gasteiger partial charge is 0.419 e. The van der Waals surface area contributed by atoms with E-state index < -0.39 is 36.6 Å². The summed E-state index contributed by atoms with van der Waals surface area (Å²) in [6.07, 6.45) is 0.382. The minimum Gasteiger partial charge on any atom is -0.460 e. The number of esters is 2. The summed E-state index contributed by atoms with van der Waals surface area (Å²) >= 11 is 0. The van der Waals surface area contributed by atoms with E-state index in [-0.39, 0.29) is 18.2 Å². The molecule has 3 rings (SSSR count). The van der Waals surface area contributed by atoms with E-state index in [2.05, 4.69) is 0 Å². The predicted molar refractivity (Wildman–Crippen MR) is 118 cm³/mol. The number of rotatable bonds is 8. The van der Waals surface area contributed by atoms with E-state index in [4.69, 9.17) is 19.9 Å². The van der Waals surface area contributed by atoms with Gasteiger partial charge < -0.3 is 19.9 Å². The highest BCUT2D eigenvalue weighted by molar-refractivity contribution is 6.04. The van der Waals surface area contributed by atoms with Crippen molar-refractivity contribution in [3.63, 3.8) is 0 Å². The maximum atomic E-state index is 12.8. The lowest BCUT2D eigenvalue weighted by molar-refractivity contribution is -0.166. The van der Waals surface area contributed by atoms with Crippen molar-refractivity contribution < 1.29 is 33.4 Å². The number of ether oxygens (including phenoxy) is 3. The first-order valence-electron chi connectivity index (χ1n) is 10.5. The lowest BCUT2D eigenvalue weighted by atomic mass is 10.1. The Morgan fingerprint density at radius 3 is 2.30 bits per heavy atom. The Morgan fingerprint density at radius 2 is 1.67 bits per heavy atom. The molecule has 1 aliphatic rings. The molecule has 0 spiro atoms. The van der Waals surface area contributed by atoms with Gasteiger partial charge in [0.1, 0.15) is 6.61 Å². The maximum absolute atomic E-state index is 12.8. The third kappa shape index (κ3) is 6.31. The second-order valence-corrected chi connectivity index (χ2v) is 7.78. The zero-order valence-corrected chi connectivity index (χ0v) is 18.5. The summed E-state index contributed by atoms with van der Waals surface area (Å²) < 4.78 is 15.0. The van der Waals surface area contributed by atoms with Crippen LogP contribution >= 0.6 is 0 Å². The van der Waals surface area contributed by atoms with Crippen molar-refractivity contribution in [3.05, 3.63) is 65.2 Å². The number of nitrogens with two attached hydrogens (primary N) is 1. The van der Waals surface area contributed by atoms with Gasteiger partial charge in [0.25, 0.3) is 5.91 Å². The van der Waals surface area contributed by atoms with Crippen LogP contribution in [0.3, 0.4) is 0 Å². The molecule has 0 unspecified atom stereocenters. The van der Waals surface area contributed by atoms with E-state index in [1.807, 2.05) is 13.0 Å². The van der Waals surface area contributed by atoms with Gasteiger partial charge in [-0.1, -0.05) is 36.4 Å². The van der Waals surface area contributed by atoms with Crippen LogP contribution in [-0.2, 0) is 30.4 Å². The fourth-order valence-electron chi connectivity index (χ4n) is 2.93. The minimum absolute atomic E-state index is 0.0221. The van der Waals surface area contributed by atoms with Crippen LogP contribution in [0.4, 0.5) is 10.5 Å². The molecule has 174 valence electrons. The summed E-state index contributed by atoms with van der Waals surface area (Å²) in [7, 11) is 0. The molecule has 0 bridgehead atoms. The molecule has 9 nitrogen and oxygen atoms in total. The standard InChI is InChI=1S/C24H26N2O7/c1-15-8-9-18(12-20(15)25)21(27)26(19-10-11-19)24(30)33-14-32-23(29)16(2)22(28)31-13-17-6-4-3-5-7-17/h3-9,12,16,19H,10-11,13-14,25H2,1-2H3/t16-/m0/s1. The van der Waals surface area contributed by atoms with Gasteiger partial charge in [0.15, 0.2) is 5.92 Å². The fraction of sp³-hybridized carbons (Fsp3) is 0.333. The lowest BCUT2D eigenvalue weighted by Crippen LogP contribution is -2.39. The third-order valence-corrected chi connectivity index (χ3v) is 5.17. The molecule has 0 aromatic heterocycles. The van der Waals surface area contributed by atoms with Gasteiger partial charge in [0.05, 0.1) is 0 Å². The molecule has 2 N–H and O–H groups in total. The summed E-state index contributed by atoms with van der Waals surface area (Å²) in [6.45, 7) is 2.43. The van der Waals surface area contributed by atoms with E-state index in [1.165, 1.54) is 13.0 Å². The summed E-state index contributed by atoms with van der Waals surface area (Å²) in [5.74, 6) is -3.42. The van der Waals surface area contributed by atoms with Gasteiger partial charge in [-0.2, -0.15) is 0 Å². The maximum Gasteiger partial charge on any atom is 0.419 e. The Balaban J connectivity index is 1.49. The Bertz CT molecular complexity index is 1030. The zero-order valence-electron chi connectivity index (χ0n) is 18.5. The lowest BCUT2D eigenvalue weighted by Gasteiger charge is -2.20. The second kappa shape index (κ2) is 10.6. The van der Waals surface area contributed by atoms with Crippen LogP contribution in [0.25, 0.3) is 0 Å². The van der Waals surface area contributed by atoms with Gasteiger partial charge in [-0.15, -0.1) is 0 Å². The van der Waals surface area contributed by atoms with E-state index in [1.54, 1.807) is 36.4 Å². The van der Waals surface area contributed by atoms with Crippen LogP contribution in [0.2, 0.25) is 0 Å². The van der Waals surface area contributed by atoms with Crippen molar-refractivity contribution in [3.8, 4) is 0 Å². The molecule has 33 heavy (non-hydrogen) atoms. The normalized spacial score (nSPS) is 13.5. The van der Waals surface area contributed by atoms with Crippen molar-refractivity contribution >= 4 is 29.6 Å². The molecule has 1 fully saturated rings. The van der Waals surface area contributed by atoms with Crippen molar-refractivity contribution in [2.45, 2.75) is 39.3 Å². The summed E-state index contributed by atoms with van der Waals surface area (Å²) in [5.41, 5.74) is 8.15. The van der Waals surface area contributed by atoms with Gasteiger partial charge in [0, 0.05) is 17.3 Å². The number of nitrogens with zero attached hydrogens (tertiary/aromatic N) is 1. The van der Waals surface area contributed by atoms with Crippen LogP contribution in [0.5, 0.6) is 0 Å². The number of carbonyl (C=O) groups is 4. The number of amides is 2. The molecular weight excluding hydrogens is 428 g/mol. The number of benzene rings is 2. The summed E-state index contributed by atoms with van der Waals surface area (Å²) in [5, 5.41) is 0. The molecule has 0 radical (unpaired) electrons. The van der Waals surface area contributed by atoms with Crippen LogP contribution in [0.15, 0.2) is 48.5 Å². The average Bonchev–Trinajstić information content (AvgIpc) is 3.64. The molecule has 1 saturated carbocycles. The zero-order chi connectivity index (χ0) is 24.0. The molecule has 1 aliphatic carbocycles. The monoisotopic (exact) mass is 454 g/mol. The Labute approximate surface area is 191 Å². The number of hydrogen-bond acceptors (Lipinski definition) is 8. The number of carbonyl (C=O) groups excluding carboxylic acids is 4. The van der Waals surface area contributed by atoms with Crippen molar-refractivity contribution in [2.24, 2.45) is 5.92 Å². The summed E-state index contributed by atoms with van der Waals surface area (Å²) in [4.78, 5) is 50.5. The number of anilines is 1. The van der Waals surface area contributed by atoms with Crippen LogP contribution in [0.1, 0.15) is 41.3 Å². The SMILES string of the molecule is Cc1ccc(C(=O)N(C(=O)OCOC(=O)[C@@H](C)C(=O)OCc2ccccc2)C2CC2)cc1N. The molecule has 0 saturated heterocycles. The molecule has 2 aromatic rings. The first-order chi connectivity index (χ1) is 15.8. The second-order valence-electron chi connectivity index (χ2n) is 7.78. The Kier molecular flexibility index (Phi) is 7.66. The number of hydrogen-bond donors (Lipinski definition) is 1. The molecule has 0 aliphatic heterocycles. The Hall–Kier alpha value is -3.88. The predicted octanol–water partition coefficient (Wildman–Crippen LogP) is 3.20. The van der Waals surface area contributed by atoms with Gasteiger partial charge in [-0.05, 0) is 49.9 Å². The van der Waals surface area contributed by atoms with Gasteiger partial charge in [-0.3, -0.25) is 14.4 Å². The fourth-order valence-corrected chi connectivity index (χ4v) is 2.93. The van der Waals surface area contributed by atoms with Crippen molar-refractivity contribution in [1.29, 1.82) is 0 Å². The first kappa shape index (κ1) is 23.8. The van der Waals surface area contributed by atoms with E-state index in [9.17, 15) is 19.2 Å². The summed E-state index contributed by atoms with van der Waals surface area (Å²) in [6, 6.07) is 13.5. The average molecular weight is 454 g/mol. The third-order valence-electron chi connectivity index (χ3n) is 5.17. The van der Waals surface area contributed by atoms with Crippen molar-refractivity contribution in [1.82, 2.24) is 4.90 Å². The number of aryl methyl sites for hydroxylation is 1. The van der Waals surface area contributed by atoms with E-state index in [0.29, 0.717) is 18.5 Å². The highest BCUT2D eigenvalue weighted by Gasteiger charge is 2.39. The van der Waals surface area contributed by atoms with Crippen LogP contribution in [0, 0.1) is 12.8 Å². The highest BCUT2D eigenvalue weighted by atomic mass is 16.7. The van der Waals surface area contributed by atoms with Gasteiger partial charge in [0.2, 0.25) is 6.79 Å². The quantitative estimate of drug-likeness (QED) is 0.279. The minimum atomic E-state index is -1.20. The van der Waals surface area contributed by atoms with Crippen molar-refractivity contribution in [2.75, 3.05) is 12.5 Å². The van der Waals surface area contributed by atoms with E-state index in [0.717, 1.165) is 16.0 Å².